The Hall–Kier alpha value is -1.11. The summed E-state index contributed by atoms with van der Waals surface area (Å²) in [5.74, 6) is 0. The fraction of sp³-hybridized carbons (Fsp3) is 0. The maximum atomic E-state index is 10.9. The number of fused-ring (bicyclic) bond motifs is 1. The van der Waals surface area contributed by atoms with E-state index >= 15 is 0 Å². The number of thiophene rings is 1. The molecule has 0 N–H and O–H groups in total. The molecule has 0 amide bonds. The van der Waals surface area contributed by atoms with E-state index in [0.717, 1.165) is 37.8 Å². The Balaban J connectivity index is 2.31. The van der Waals surface area contributed by atoms with Gasteiger partial charge >= 0.3 is 0 Å². The largest absolute Gasteiger partial charge is 0.298 e. The number of hydrogen-bond acceptors (Lipinski definition) is 5. The van der Waals surface area contributed by atoms with Crippen molar-refractivity contribution < 1.29 is 4.79 Å². The van der Waals surface area contributed by atoms with Crippen molar-refractivity contribution in [2.45, 2.75) is 0 Å². The van der Waals surface area contributed by atoms with Gasteiger partial charge in [-0.15, -0.1) is 11.3 Å². The van der Waals surface area contributed by atoms with Crippen LogP contribution in [0.4, 0.5) is 0 Å². The highest BCUT2D eigenvalue weighted by Gasteiger charge is 2.12. The number of carbonyl (C=O) groups excluding carboxylic acids is 1. The van der Waals surface area contributed by atoms with Crippen LogP contribution in [0.5, 0.6) is 0 Å². The van der Waals surface area contributed by atoms with Gasteiger partial charge < -0.3 is 0 Å². The number of carbonyl (C=O) groups is 1. The smallest absolute Gasteiger partial charge is 0.152 e. The molecule has 1 aromatic carbocycles. The van der Waals surface area contributed by atoms with Crippen LogP contribution in [0.3, 0.4) is 0 Å². The van der Waals surface area contributed by atoms with Crippen LogP contribution in [0.15, 0.2) is 28.1 Å². The molecule has 17 heavy (non-hydrogen) atoms. The molecule has 0 unspecified atom stereocenters. The second-order valence-corrected chi connectivity index (χ2v) is 6.38. The molecule has 0 atom stereocenters. The Bertz CT molecular complexity index is 704. The second-order valence-electron chi connectivity index (χ2n) is 3.39. The van der Waals surface area contributed by atoms with E-state index in [1.54, 1.807) is 17.4 Å². The molecule has 0 radical (unpaired) electrons. The third-order valence-corrected chi connectivity index (χ3v) is 4.60. The Morgan fingerprint density at radius 2 is 1.94 bits per heavy atom. The lowest BCUT2D eigenvalue weighted by Crippen LogP contribution is -1.85. The first-order valence-corrected chi connectivity index (χ1v) is 7.10. The van der Waals surface area contributed by atoms with Crippen molar-refractivity contribution in [3.63, 3.8) is 0 Å². The van der Waals surface area contributed by atoms with Crippen LogP contribution in [0, 0.1) is 0 Å². The summed E-state index contributed by atoms with van der Waals surface area (Å²) in [5.41, 5.74) is 3.10. The van der Waals surface area contributed by atoms with Crippen LogP contribution in [-0.2, 0) is 0 Å². The lowest BCUT2D eigenvalue weighted by Gasteiger charge is -1.99. The van der Waals surface area contributed by atoms with Crippen molar-refractivity contribution in [1.82, 2.24) is 8.75 Å². The predicted octanol–water partition coefficient (Wildman–Crippen LogP) is 3.99. The number of aldehydes is 1. The van der Waals surface area contributed by atoms with Crippen LogP contribution in [0.25, 0.3) is 21.5 Å². The summed E-state index contributed by atoms with van der Waals surface area (Å²) in [4.78, 5) is 12.0. The summed E-state index contributed by atoms with van der Waals surface area (Å²) in [6.45, 7) is 0. The highest BCUT2D eigenvalue weighted by atomic mass is 79.9. The van der Waals surface area contributed by atoms with Crippen LogP contribution >= 0.6 is 39.0 Å². The lowest BCUT2D eigenvalue weighted by atomic mass is 10.1. The number of aromatic nitrogens is 2. The van der Waals surface area contributed by atoms with Gasteiger partial charge in [0.05, 0.1) is 15.5 Å². The third-order valence-electron chi connectivity index (χ3n) is 2.41. The number of halogens is 1. The molecule has 0 aliphatic carbocycles. The Kier molecular flexibility index (Phi) is 2.78. The molecule has 0 spiro atoms. The lowest BCUT2D eigenvalue weighted by molar-refractivity contribution is 0.112. The van der Waals surface area contributed by atoms with Crippen molar-refractivity contribution in [3.05, 3.63) is 33.6 Å². The maximum absolute atomic E-state index is 10.9. The van der Waals surface area contributed by atoms with Gasteiger partial charge in [-0.05, 0) is 34.1 Å². The van der Waals surface area contributed by atoms with E-state index in [0.29, 0.717) is 11.1 Å². The van der Waals surface area contributed by atoms with Crippen molar-refractivity contribution >= 4 is 56.3 Å². The number of nitrogens with zero attached hydrogens (tertiary/aromatic N) is 2. The molecule has 2 aromatic heterocycles. The summed E-state index contributed by atoms with van der Waals surface area (Å²) >= 11 is 6.21. The minimum Gasteiger partial charge on any atom is -0.298 e. The molecule has 0 aliphatic heterocycles. The van der Waals surface area contributed by atoms with Gasteiger partial charge in [-0.2, -0.15) is 8.75 Å². The standard InChI is InChI=1S/C11H5BrN2OS2/c12-9-4-3-8(16-9)7-2-1-6(5-15)10-11(7)14-17-13-10/h1-5H. The highest BCUT2D eigenvalue weighted by Crippen LogP contribution is 2.35. The van der Waals surface area contributed by atoms with Gasteiger partial charge in [0, 0.05) is 16.0 Å². The van der Waals surface area contributed by atoms with Crippen LogP contribution in [0.2, 0.25) is 0 Å². The average Bonchev–Trinajstić information content (AvgIpc) is 2.96. The monoisotopic (exact) mass is 324 g/mol. The van der Waals surface area contributed by atoms with Gasteiger partial charge in [-0.3, -0.25) is 4.79 Å². The number of benzene rings is 1. The van der Waals surface area contributed by atoms with E-state index in [2.05, 4.69) is 24.7 Å². The number of rotatable bonds is 2. The Morgan fingerprint density at radius 1 is 1.12 bits per heavy atom. The minimum atomic E-state index is 0.591. The molecular formula is C11H5BrN2OS2. The zero-order chi connectivity index (χ0) is 11.8. The predicted molar refractivity (Wildman–Crippen MR) is 73.8 cm³/mol. The van der Waals surface area contributed by atoms with Gasteiger partial charge in [0.15, 0.2) is 6.29 Å². The molecule has 3 aromatic rings. The van der Waals surface area contributed by atoms with E-state index in [-0.39, 0.29) is 0 Å². The molecule has 0 bridgehead atoms. The molecule has 3 nitrogen and oxygen atoms in total. The minimum absolute atomic E-state index is 0.591. The van der Waals surface area contributed by atoms with Crippen molar-refractivity contribution in [1.29, 1.82) is 0 Å². The van der Waals surface area contributed by atoms with Gasteiger partial charge in [0.2, 0.25) is 0 Å². The zero-order valence-corrected chi connectivity index (χ0v) is 11.6. The zero-order valence-electron chi connectivity index (χ0n) is 8.38. The van der Waals surface area contributed by atoms with Gasteiger partial charge in [0.1, 0.15) is 11.0 Å². The van der Waals surface area contributed by atoms with E-state index in [1.165, 1.54) is 0 Å². The fourth-order valence-corrected chi connectivity index (χ4v) is 3.63. The van der Waals surface area contributed by atoms with Crippen LogP contribution in [0.1, 0.15) is 10.4 Å². The van der Waals surface area contributed by atoms with Gasteiger partial charge in [-0.1, -0.05) is 6.07 Å². The number of hydrogen-bond donors (Lipinski definition) is 0. The third kappa shape index (κ3) is 1.82. The molecule has 0 saturated heterocycles. The normalized spacial score (nSPS) is 10.9. The molecular weight excluding hydrogens is 320 g/mol. The highest BCUT2D eigenvalue weighted by molar-refractivity contribution is 9.11. The molecule has 84 valence electrons. The first-order chi connectivity index (χ1) is 8.29. The SMILES string of the molecule is O=Cc1ccc(-c2ccc(Br)s2)c2nsnc12. The van der Waals surface area contributed by atoms with E-state index in [1.807, 2.05) is 18.2 Å². The van der Waals surface area contributed by atoms with Crippen LogP contribution in [-0.4, -0.2) is 15.0 Å². The molecule has 0 fully saturated rings. The van der Waals surface area contributed by atoms with Crippen LogP contribution < -0.4 is 0 Å². The summed E-state index contributed by atoms with van der Waals surface area (Å²) in [5, 5.41) is 0. The summed E-state index contributed by atoms with van der Waals surface area (Å²) in [6.07, 6.45) is 0.817. The molecule has 2 heterocycles. The average molecular weight is 325 g/mol. The first kappa shape index (κ1) is 11.0. The van der Waals surface area contributed by atoms with Crippen molar-refractivity contribution in [3.8, 4) is 10.4 Å². The Morgan fingerprint density at radius 3 is 2.65 bits per heavy atom. The quantitative estimate of drug-likeness (QED) is 0.669. The summed E-state index contributed by atoms with van der Waals surface area (Å²) < 4.78 is 9.52. The Labute approximate surface area is 114 Å². The van der Waals surface area contributed by atoms with Gasteiger partial charge in [0.25, 0.3) is 0 Å². The summed E-state index contributed by atoms with van der Waals surface area (Å²) in [7, 11) is 0. The topological polar surface area (TPSA) is 42.9 Å². The second kappa shape index (κ2) is 4.29. The van der Waals surface area contributed by atoms with Gasteiger partial charge in [-0.25, -0.2) is 0 Å². The van der Waals surface area contributed by atoms with Crippen molar-refractivity contribution in [2.75, 3.05) is 0 Å². The molecule has 3 rings (SSSR count). The first-order valence-electron chi connectivity index (χ1n) is 4.76. The maximum Gasteiger partial charge on any atom is 0.152 e. The van der Waals surface area contributed by atoms with E-state index in [9.17, 15) is 4.79 Å². The van der Waals surface area contributed by atoms with Crippen molar-refractivity contribution in [2.24, 2.45) is 0 Å². The van der Waals surface area contributed by atoms with E-state index in [4.69, 9.17) is 0 Å². The fourth-order valence-electron chi connectivity index (χ4n) is 1.64. The molecule has 0 saturated carbocycles. The van der Waals surface area contributed by atoms with E-state index < -0.39 is 0 Å². The molecule has 6 heteroatoms. The molecule has 0 aliphatic rings. The summed E-state index contributed by atoms with van der Waals surface area (Å²) in [6, 6.07) is 7.74.